The second-order valence-electron chi connectivity index (χ2n) is 8.89. The van der Waals surface area contributed by atoms with Gasteiger partial charge in [-0.1, -0.05) is 11.6 Å². The third-order valence-corrected chi connectivity index (χ3v) is 6.89. The molecule has 0 saturated carbocycles. The van der Waals surface area contributed by atoms with E-state index in [0.29, 0.717) is 50.0 Å². The first-order chi connectivity index (χ1) is 17.3. The van der Waals surface area contributed by atoms with E-state index in [4.69, 9.17) is 21.4 Å². The van der Waals surface area contributed by atoms with Gasteiger partial charge in [0.1, 0.15) is 18.2 Å². The van der Waals surface area contributed by atoms with Gasteiger partial charge < -0.3 is 25.4 Å². The maximum atomic E-state index is 14.7. The molecule has 2 aromatic carbocycles. The molecule has 192 valence electrons. The predicted molar refractivity (Wildman–Crippen MR) is 128 cm³/mol. The largest absolute Gasteiger partial charge is 0.449 e. The van der Waals surface area contributed by atoms with Crippen molar-refractivity contribution in [2.45, 2.75) is 31.7 Å². The number of fused-ring (bicyclic) bond motifs is 1. The van der Waals surface area contributed by atoms with E-state index in [0.717, 1.165) is 6.07 Å². The number of ether oxygens (including phenoxy) is 1. The number of amides is 3. The van der Waals surface area contributed by atoms with Crippen molar-refractivity contribution in [1.29, 1.82) is 0 Å². The molecule has 0 aromatic heterocycles. The van der Waals surface area contributed by atoms with Crippen LogP contribution in [0.5, 0.6) is 0 Å². The zero-order valence-electron chi connectivity index (χ0n) is 19.4. The van der Waals surface area contributed by atoms with E-state index in [1.165, 1.54) is 24.3 Å². The molecule has 2 aromatic rings. The number of halogens is 3. The normalized spacial score (nSPS) is 17.4. The third-order valence-electron chi connectivity index (χ3n) is 6.60. The first kappa shape index (κ1) is 25.8. The Kier molecular flexibility index (Phi) is 8.05. The molecular weight excluding hydrogens is 496 g/mol. The summed E-state index contributed by atoms with van der Waals surface area (Å²) >= 11 is 5.77. The van der Waals surface area contributed by atoms with E-state index >= 15 is 0 Å². The third kappa shape index (κ3) is 5.76. The van der Waals surface area contributed by atoms with Crippen LogP contribution in [0.1, 0.15) is 46.8 Å². The number of carbonyl (C=O) groups is 3. The van der Waals surface area contributed by atoms with Gasteiger partial charge in [0.2, 0.25) is 5.91 Å². The Labute approximate surface area is 211 Å². The van der Waals surface area contributed by atoms with Crippen molar-refractivity contribution in [3.63, 3.8) is 0 Å². The second kappa shape index (κ2) is 11.2. The molecule has 8 nitrogen and oxygen atoms in total. The van der Waals surface area contributed by atoms with Crippen LogP contribution in [0.15, 0.2) is 30.3 Å². The molecular formula is C25H26ClF2N3O5. The molecule has 0 spiro atoms. The summed E-state index contributed by atoms with van der Waals surface area (Å²) in [4.78, 5) is 38.4. The van der Waals surface area contributed by atoms with Crippen molar-refractivity contribution < 1.29 is 33.0 Å². The topological polar surface area (TPSA) is 108 Å². The lowest BCUT2D eigenvalue weighted by molar-refractivity contribution is -0.135. The molecule has 3 N–H and O–H groups in total. The summed E-state index contributed by atoms with van der Waals surface area (Å²) in [5, 5.41) is 14.1. The fourth-order valence-corrected chi connectivity index (χ4v) is 4.85. The summed E-state index contributed by atoms with van der Waals surface area (Å²) in [6.45, 7) is 0.626. The van der Waals surface area contributed by atoms with Gasteiger partial charge in [-0.05, 0) is 67.5 Å². The van der Waals surface area contributed by atoms with Gasteiger partial charge in [0.25, 0.3) is 5.91 Å². The first-order valence-electron chi connectivity index (χ1n) is 11.7. The molecule has 11 heteroatoms. The summed E-state index contributed by atoms with van der Waals surface area (Å²) in [5.41, 5.74) is 1.29. The standard InChI is InChI=1S/C25H26ClF2N3O5/c26-18-11-15(1-4-19(18)27)29-24(34)17-2-5-20(28)23-16(17)3-6-21(23)30-25(35)36-13-14-7-9-31(10-8-14)22(33)12-32/h1-2,4-5,11,14,21,32H,3,6-10,12-13H2,(H,29,34)(H,30,35)/t21-/m0/s1. The summed E-state index contributed by atoms with van der Waals surface area (Å²) in [6, 6.07) is 5.70. The van der Waals surface area contributed by atoms with Gasteiger partial charge in [0.15, 0.2) is 0 Å². The van der Waals surface area contributed by atoms with Crippen molar-refractivity contribution in [3.05, 3.63) is 63.7 Å². The number of rotatable bonds is 6. The average molecular weight is 522 g/mol. The van der Waals surface area contributed by atoms with Crippen molar-refractivity contribution >= 4 is 35.2 Å². The minimum atomic E-state index is -0.683. The van der Waals surface area contributed by atoms with Crippen LogP contribution >= 0.6 is 11.6 Å². The zero-order valence-corrected chi connectivity index (χ0v) is 20.1. The van der Waals surface area contributed by atoms with Gasteiger partial charge in [0.05, 0.1) is 17.7 Å². The van der Waals surface area contributed by atoms with Crippen molar-refractivity contribution in [3.8, 4) is 0 Å². The lowest BCUT2D eigenvalue weighted by Gasteiger charge is -2.31. The molecule has 0 unspecified atom stereocenters. The Hall–Kier alpha value is -3.24. The predicted octanol–water partition coefficient (Wildman–Crippen LogP) is 3.81. The molecule has 1 saturated heterocycles. The lowest BCUT2D eigenvalue weighted by atomic mass is 9.98. The molecule has 1 aliphatic carbocycles. The molecule has 4 rings (SSSR count). The Morgan fingerprint density at radius 1 is 1.08 bits per heavy atom. The van der Waals surface area contributed by atoms with Gasteiger partial charge in [0, 0.05) is 29.9 Å². The van der Waals surface area contributed by atoms with Gasteiger partial charge in [-0.15, -0.1) is 0 Å². The van der Waals surface area contributed by atoms with Crippen LogP contribution in [0.2, 0.25) is 5.02 Å². The number of nitrogens with zero attached hydrogens (tertiary/aromatic N) is 1. The number of carbonyl (C=O) groups excluding carboxylic acids is 3. The van der Waals surface area contributed by atoms with Gasteiger partial charge in [-0.25, -0.2) is 13.6 Å². The molecule has 0 bridgehead atoms. The Bertz CT molecular complexity index is 1170. The van der Waals surface area contributed by atoms with E-state index in [-0.39, 0.29) is 34.6 Å². The first-order valence-corrected chi connectivity index (χ1v) is 12.0. The average Bonchev–Trinajstić information content (AvgIpc) is 3.29. The van der Waals surface area contributed by atoms with Crippen LogP contribution in [0.3, 0.4) is 0 Å². The van der Waals surface area contributed by atoms with E-state index in [1.54, 1.807) is 4.90 Å². The Morgan fingerprint density at radius 3 is 2.50 bits per heavy atom. The number of likely N-dealkylation sites (tertiary alicyclic amines) is 1. The highest BCUT2D eigenvalue weighted by Crippen LogP contribution is 2.36. The fourth-order valence-electron chi connectivity index (χ4n) is 4.67. The van der Waals surface area contributed by atoms with Crippen LogP contribution in [-0.2, 0) is 16.0 Å². The minimum absolute atomic E-state index is 0.0846. The SMILES string of the molecule is O=C(N[C@H]1CCc2c(C(=O)Nc3ccc(F)c(Cl)c3)ccc(F)c21)OCC1CCN(C(=O)CO)CC1. The number of anilines is 1. The molecule has 2 aliphatic rings. The highest BCUT2D eigenvalue weighted by Gasteiger charge is 2.32. The number of benzene rings is 2. The highest BCUT2D eigenvalue weighted by atomic mass is 35.5. The number of hydrogen-bond donors (Lipinski definition) is 3. The monoisotopic (exact) mass is 521 g/mol. The zero-order chi connectivity index (χ0) is 25.8. The molecule has 0 radical (unpaired) electrons. The van der Waals surface area contributed by atoms with Gasteiger partial charge in [-0.2, -0.15) is 0 Å². The second-order valence-corrected chi connectivity index (χ2v) is 9.29. The van der Waals surface area contributed by atoms with E-state index in [1.807, 2.05) is 0 Å². The molecule has 1 heterocycles. The number of piperidine rings is 1. The molecule has 1 aliphatic heterocycles. The maximum Gasteiger partial charge on any atom is 0.407 e. The van der Waals surface area contributed by atoms with E-state index < -0.39 is 36.3 Å². The maximum absolute atomic E-state index is 14.7. The van der Waals surface area contributed by atoms with Crippen LogP contribution in [-0.4, -0.2) is 54.2 Å². The van der Waals surface area contributed by atoms with Crippen LogP contribution in [0, 0.1) is 17.6 Å². The van der Waals surface area contributed by atoms with Crippen LogP contribution in [0.4, 0.5) is 19.3 Å². The van der Waals surface area contributed by atoms with Crippen molar-refractivity contribution in [1.82, 2.24) is 10.2 Å². The smallest absolute Gasteiger partial charge is 0.407 e. The number of aliphatic hydroxyl groups excluding tert-OH is 1. The quantitative estimate of drug-likeness (QED) is 0.536. The van der Waals surface area contributed by atoms with Gasteiger partial charge in [-0.3, -0.25) is 9.59 Å². The summed E-state index contributed by atoms with van der Waals surface area (Å²) in [6.07, 6.45) is 1.39. The molecule has 36 heavy (non-hydrogen) atoms. The Morgan fingerprint density at radius 2 is 1.81 bits per heavy atom. The summed E-state index contributed by atoms with van der Waals surface area (Å²) in [7, 11) is 0. The van der Waals surface area contributed by atoms with Gasteiger partial charge >= 0.3 is 6.09 Å². The number of aliphatic hydroxyl groups is 1. The fraction of sp³-hybridized carbons (Fsp3) is 0.400. The lowest BCUT2D eigenvalue weighted by Crippen LogP contribution is -2.41. The highest BCUT2D eigenvalue weighted by molar-refractivity contribution is 6.31. The van der Waals surface area contributed by atoms with E-state index in [2.05, 4.69) is 10.6 Å². The van der Waals surface area contributed by atoms with Crippen molar-refractivity contribution in [2.24, 2.45) is 5.92 Å². The summed E-state index contributed by atoms with van der Waals surface area (Å²) < 4.78 is 33.5. The van der Waals surface area contributed by atoms with Crippen LogP contribution < -0.4 is 10.6 Å². The number of nitrogens with one attached hydrogen (secondary N) is 2. The van der Waals surface area contributed by atoms with Crippen LogP contribution in [0.25, 0.3) is 0 Å². The molecule has 1 atom stereocenters. The Balaban J connectivity index is 1.35. The van der Waals surface area contributed by atoms with E-state index in [9.17, 15) is 23.2 Å². The summed E-state index contributed by atoms with van der Waals surface area (Å²) in [5.74, 6) is -1.87. The molecule has 3 amide bonds. The number of alkyl carbamates (subject to hydrolysis) is 1. The van der Waals surface area contributed by atoms with Crippen molar-refractivity contribution in [2.75, 3.05) is 31.6 Å². The molecule has 1 fully saturated rings. The number of hydrogen-bond acceptors (Lipinski definition) is 5. The minimum Gasteiger partial charge on any atom is -0.449 e.